The Morgan fingerprint density at radius 3 is 2.77 bits per heavy atom. The molecule has 0 aliphatic carbocycles. The number of hydrogen-bond acceptors (Lipinski definition) is 5. The normalized spacial score (nSPS) is 16.0. The van der Waals surface area contributed by atoms with Crippen molar-refractivity contribution in [1.29, 1.82) is 0 Å². The number of ether oxygens (including phenoxy) is 2. The highest BCUT2D eigenvalue weighted by molar-refractivity contribution is 6.05. The zero-order chi connectivity index (χ0) is 20.7. The van der Waals surface area contributed by atoms with E-state index in [-0.39, 0.29) is 5.91 Å². The minimum Gasteiger partial charge on any atom is -0.496 e. The first-order valence-corrected chi connectivity index (χ1v) is 9.67. The van der Waals surface area contributed by atoms with Crippen LogP contribution in [0.3, 0.4) is 0 Å². The van der Waals surface area contributed by atoms with Crippen molar-refractivity contribution in [2.24, 2.45) is 0 Å². The Labute approximate surface area is 172 Å². The SMILES string of the molecule is COc1cc2[nH]nc(-c3ccc4ccccc4c3)c2cc1C(=O)NC1CCOC1=O. The quantitative estimate of drug-likeness (QED) is 0.511. The first-order chi connectivity index (χ1) is 14.6. The summed E-state index contributed by atoms with van der Waals surface area (Å²) < 4.78 is 10.3. The molecular formula is C23H19N3O4. The number of cyclic esters (lactones) is 1. The minimum atomic E-state index is -0.637. The number of carbonyl (C=O) groups excluding carboxylic acids is 2. The molecule has 150 valence electrons. The lowest BCUT2D eigenvalue weighted by molar-refractivity contribution is -0.139. The van der Waals surface area contributed by atoms with Crippen molar-refractivity contribution in [2.45, 2.75) is 12.5 Å². The van der Waals surface area contributed by atoms with E-state index in [2.05, 4.69) is 33.7 Å². The van der Waals surface area contributed by atoms with E-state index < -0.39 is 12.0 Å². The zero-order valence-corrected chi connectivity index (χ0v) is 16.3. The van der Waals surface area contributed by atoms with Crippen molar-refractivity contribution in [3.05, 3.63) is 60.2 Å². The largest absolute Gasteiger partial charge is 0.496 e. The molecule has 0 radical (unpaired) electrons. The fraction of sp³-hybridized carbons (Fsp3) is 0.174. The third-order valence-electron chi connectivity index (χ3n) is 5.39. The molecule has 7 nitrogen and oxygen atoms in total. The van der Waals surface area contributed by atoms with Gasteiger partial charge in [0.2, 0.25) is 0 Å². The number of esters is 1. The number of H-pyrrole nitrogens is 1. The van der Waals surface area contributed by atoms with E-state index in [1.54, 1.807) is 12.1 Å². The lowest BCUT2D eigenvalue weighted by atomic mass is 10.0. The van der Waals surface area contributed by atoms with Gasteiger partial charge in [-0.3, -0.25) is 9.89 Å². The Kier molecular flexibility index (Phi) is 4.35. The number of amides is 1. The number of methoxy groups -OCH3 is 1. The summed E-state index contributed by atoms with van der Waals surface area (Å²) in [6, 6.07) is 17.1. The summed E-state index contributed by atoms with van der Waals surface area (Å²) in [5.41, 5.74) is 2.78. The first kappa shape index (κ1) is 18.2. The second-order valence-electron chi connectivity index (χ2n) is 7.21. The van der Waals surface area contributed by atoms with E-state index in [4.69, 9.17) is 9.47 Å². The van der Waals surface area contributed by atoms with Crippen molar-refractivity contribution in [3.8, 4) is 17.0 Å². The van der Waals surface area contributed by atoms with Crippen molar-refractivity contribution < 1.29 is 19.1 Å². The van der Waals surface area contributed by atoms with E-state index in [1.807, 2.05) is 24.3 Å². The van der Waals surface area contributed by atoms with Crippen molar-refractivity contribution in [3.63, 3.8) is 0 Å². The highest BCUT2D eigenvalue weighted by Crippen LogP contribution is 2.33. The maximum Gasteiger partial charge on any atom is 0.328 e. The molecule has 30 heavy (non-hydrogen) atoms. The number of carbonyl (C=O) groups is 2. The third-order valence-corrected chi connectivity index (χ3v) is 5.39. The Hall–Kier alpha value is -3.87. The summed E-state index contributed by atoms with van der Waals surface area (Å²) in [5, 5.41) is 13.3. The van der Waals surface area contributed by atoms with E-state index in [9.17, 15) is 9.59 Å². The maximum atomic E-state index is 12.9. The van der Waals surface area contributed by atoms with Gasteiger partial charge in [-0.15, -0.1) is 0 Å². The number of nitrogens with zero attached hydrogens (tertiary/aromatic N) is 1. The molecule has 1 atom stereocenters. The minimum absolute atomic E-state index is 0.313. The van der Waals surface area contributed by atoms with Gasteiger partial charge in [0.1, 0.15) is 11.8 Å². The molecule has 1 unspecified atom stereocenters. The molecule has 2 N–H and O–H groups in total. The summed E-state index contributed by atoms with van der Waals surface area (Å²) in [4.78, 5) is 24.6. The van der Waals surface area contributed by atoms with E-state index in [1.165, 1.54) is 7.11 Å². The molecule has 0 saturated carbocycles. The fourth-order valence-electron chi connectivity index (χ4n) is 3.81. The first-order valence-electron chi connectivity index (χ1n) is 9.67. The van der Waals surface area contributed by atoms with Crippen LogP contribution in [0.25, 0.3) is 32.9 Å². The summed E-state index contributed by atoms with van der Waals surface area (Å²) in [7, 11) is 1.50. The third kappa shape index (κ3) is 3.04. The van der Waals surface area contributed by atoms with Gasteiger partial charge in [0.05, 0.1) is 30.5 Å². The number of aromatic amines is 1. The van der Waals surface area contributed by atoms with Gasteiger partial charge in [-0.25, -0.2) is 4.79 Å². The summed E-state index contributed by atoms with van der Waals surface area (Å²) >= 11 is 0. The van der Waals surface area contributed by atoms with Crippen LogP contribution in [-0.2, 0) is 9.53 Å². The van der Waals surface area contributed by atoms with Crippen LogP contribution < -0.4 is 10.1 Å². The molecule has 2 heterocycles. The van der Waals surface area contributed by atoms with Gasteiger partial charge < -0.3 is 14.8 Å². The predicted octanol–water partition coefficient (Wildman–Crippen LogP) is 3.44. The van der Waals surface area contributed by atoms with Crippen LogP contribution in [0.5, 0.6) is 5.75 Å². The molecule has 0 spiro atoms. The second kappa shape index (κ2) is 7.18. The van der Waals surface area contributed by atoms with Crippen LogP contribution in [0.4, 0.5) is 0 Å². The van der Waals surface area contributed by atoms with Crippen LogP contribution in [0, 0.1) is 0 Å². The zero-order valence-electron chi connectivity index (χ0n) is 16.3. The van der Waals surface area contributed by atoms with Crippen LogP contribution in [-0.4, -0.2) is 41.8 Å². The van der Waals surface area contributed by atoms with Crippen LogP contribution in [0.15, 0.2) is 54.6 Å². The lowest BCUT2D eigenvalue weighted by Crippen LogP contribution is -2.38. The molecule has 1 aliphatic heterocycles. The van der Waals surface area contributed by atoms with Gasteiger partial charge in [0.15, 0.2) is 0 Å². The lowest BCUT2D eigenvalue weighted by Gasteiger charge is -2.12. The van der Waals surface area contributed by atoms with Gasteiger partial charge in [-0.1, -0.05) is 36.4 Å². The van der Waals surface area contributed by atoms with Gasteiger partial charge in [-0.05, 0) is 22.9 Å². The van der Waals surface area contributed by atoms with E-state index >= 15 is 0 Å². The van der Waals surface area contributed by atoms with E-state index in [0.717, 1.165) is 32.9 Å². The molecule has 3 aromatic carbocycles. The van der Waals surface area contributed by atoms with Gasteiger partial charge in [-0.2, -0.15) is 5.10 Å². The topological polar surface area (TPSA) is 93.3 Å². The number of rotatable bonds is 4. The Morgan fingerprint density at radius 1 is 1.17 bits per heavy atom. The van der Waals surface area contributed by atoms with Crippen molar-refractivity contribution in [1.82, 2.24) is 15.5 Å². The number of fused-ring (bicyclic) bond motifs is 2. The monoisotopic (exact) mass is 401 g/mol. The summed E-state index contributed by atoms with van der Waals surface area (Å²) in [6.07, 6.45) is 0.461. The van der Waals surface area contributed by atoms with Crippen LogP contribution >= 0.6 is 0 Å². The summed E-state index contributed by atoms with van der Waals surface area (Å²) in [5.74, 6) is -0.396. The Morgan fingerprint density at radius 2 is 2.00 bits per heavy atom. The van der Waals surface area contributed by atoms with Crippen molar-refractivity contribution >= 4 is 33.6 Å². The van der Waals surface area contributed by atoms with E-state index in [0.29, 0.717) is 24.3 Å². The molecule has 7 heteroatoms. The number of hydrogen-bond donors (Lipinski definition) is 2. The predicted molar refractivity (Wildman–Crippen MR) is 112 cm³/mol. The molecule has 0 bridgehead atoms. The molecule has 1 fully saturated rings. The fourth-order valence-corrected chi connectivity index (χ4v) is 3.81. The van der Waals surface area contributed by atoms with Crippen LogP contribution in [0.1, 0.15) is 16.8 Å². The molecule has 4 aromatic rings. The number of benzene rings is 3. The molecule has 1 aliphatic rings. The maximum absolute atomic E-state index is 12.9. The summed E-state index contributed by atoms with van der Waals surface area (Å²) in [6.45, 7) is 0.313. The molecule has 1 aromatic heterocycles. The molecular weight excluding hydrogens is 382 g/mol. The van der Waals surface area contributed by atoms with Gasteiger partial charge >= 0.3 is 5.97 Å². The number of nitrogens with one attached hydrogen (secondary N) is 2. The average molecular weight is 401 g/mol. The molecule has 5 rings (SSSR count). The number of aromatic nitrogens is 2. The van der Waals surface area contributed by atoms with Crippen LogP contribution in [0.2, 0.25) is 0 Å². The van der Waals surface area contributed by atoms with Gasteiger partial charge in [0.25, 0.3) is 5.91 Å². The average Bonchev–Trinajstić information content (AvgIpc) is 3.38. The Balaban J connectivity index is 1.58. The van der Waals surface area contributed by atoms with Gasteiger partial charge in [0, 0.05) is 23.4 Å². The van der Waals surface area contributed by atoms with Crippen molar-refractivity contribution in [2.75, 3.05) is 13.7 Å². The second-order valence-corrected chi connectivity index (χ2v) is 7.21. The molecule has 1 saturated heterocycles. The highest BCUT2D eigenvalue weighted by Gasteiger charge is 2.29. The Bertz CT molecular complexity index is 1290. The highest BCUT2D eigenvalue weighted by atomic mass is 16.5. The standard InChI is InChI=1S/C23H19N3O4/c1-29-20-12-19-16(11-17(20)22(27)24-18-8-9-30-23(18)28)21(26-25-19)15-7-6-13-4-2-3-5-14(13)10-15/h2-7,10-12,18H,8-9H2,1H3,(H,24,27)(H,25,26). The smallest absolute Gasteiger partial charge is 0.328 e. The molecule has 1 amide bonds.